The van der Waals surface area contributed by atoms with Crippen molar-refractivity contribution in [3.8, 4) is 11.5 Å². The van der Waals surface area contributed by atoms with Crippen LogP contribution in [-0.4, -0.2) is 32.9 Å². The van der Waals surface area contributed by atoms with Gasteiger partial charge in [-0.1, -0.05) is 18.2 Å². The van der Waals surface area contributed by atoms with Crippen LogP contribution in [0.15, 0.2) is 53.1 Å². The molecule has 0 atom stereocenters. The van der Waals surface area contributed by atoms with Crippen LogP contribution in [0.2, 0.25) is 0 Å². The van der Waals surface area contributed by atoms with Gasteiger partial charge >= 0.3 is 0 Å². The SMILES string of the molecule is OCCCNc1ccc2ncc(-c3cc4ccccc4o3)n2n1. The van der Waals surface area contributed by atoms with Gasteiger partial charge in [-0.05, 0) is 30.7 Å². The highest BCUT2D eigenvalue weighted by Crippen LogP contribution is 2.28. The zero-order valence-electron chi connectivity index (χ0n) is 12.4. The summed E-state index contributed by atoms with van der Waals surface area (Å²) in [7, 11) is 0. The molecule has 0 bridgehead atoms. The zero-order chi connectivity index (χ0) is 15.6. The zero-order valence-corrected chi connectivity index (χ0v) is 12.4. The van der Waals surface area contributed by atoms with E-state index in [0.29, 0.717) is 13.0 Å². The minimum atomic E-state index is 0.157. The van der Waals surface area contributed by atoms with Gasteiger partial charge in [-0.25, -0.2) is 9.50 Å². The summed E-state index contributed by atoms with van der Waals surface area (Å²) in [5.41, 5.74) is 2.41. The van der Waals surface area contributed by atoms with Crippen molar-refractivity contribution in [3.63, 3.8) is 0 Å². The topological polar surface area (TPSA) is 75.6 Å². The molecule has 23 heavy (non-hydrogen) atoms. The maximum absolute atomic E-state index is 8.86. The molecule has 3 heterocycles. The number of hydrogen-bond acceptors (Lipinski definition) is 5. The number of aromatic nitrogens is 3. The Morgan fingerprint density at radius 3 is 2.96 bits per heavy atom. The molecule has 0 amide bonds. The summed E-state index contributed by atoms with van der Waals surface area (Å²) >= 11 is 0. The maximum atomic E-state index is 8.86. The first-order valence-corrected chi connectivity index (χ1v) is 7.53. The standard InChI is InChI=1S/C17H16N4O2/c22-9-3-8-18-16-6-7-17-19-11-13(21(17)20-16)15-10-12-4-1-2-5-14(12)23-15/h1-2,4-7,10-11,22H,3,8-9H2,(H,18,20). The van der Waals surface area contributed by atoms with Crippen molar-refractivity contribution >= 4 is 22.4 Å². The lowest BCUT2D eigenvalue weighted by molar-refractivity contribution is 0.292. The van der Waals surface area contributed by atoms with Crippen molar-refractivity contribution in [2.75, 3.05) is 18.5 Å². The fourth-order valence-corrected chi connectivity index (χ4v) is 2.54. The molecule has 4 aromatic rings. The first-order chi connectivity index (χ1) is 11.3. The van der Waals surface area contributed by atoms with Crippen LogP contribution in [0, 0.1) is 0 Å². The van der Waals surface area contributed by atoms with Crippen LogP contribution < -0.4 is 5.32 Å². The molecule has 0 aliphatic rings. The largest absolute Gasteiger partial charge is 0.454 e. The third-order valence-electron chi connectivity index (χ3n) is 3.68. The first-order valence-electron chi connectivity index (χ1n) is 7.53. The molecule has 0 spiro atoms. The van der Waals surface area contributed by atoms with E-state index in [1.54, 1.807) is 10.7 Å². The summed E-state index contributed by atoms with van der Waals surface area (Å²) in [5, 5.41) is 17.6. The van der Waals surface area contributed by atoms with Crippen molar-refractivity contribution in [3.05, 3.63) is 48.7 Å². The number of anilines is 1. The van der Waals surface area contributed by atoms with Crippen LogP contribution in [0.5, 0.6) is 0 Å². The molecule has 0 radical (unpaired) electrons. The van der Waals surface area contributed by atoms with E-state index in [9.17, 15) is 0 Å². The number of furan rings is 1. The van der Waals surface area contributed by atoms with Gasteiger partial charge in [0, 0.05) is 18.5 Å². The monoisotopic (exact) mass is 308 g/mol. The van der Waals surface area contributed by atoms with Gasteiger partial charge in [0.1, 0.15) is 17.1 Å². The molecule has 1 aromatic carbocycles. The van der Waals surface area contributed by atoms with Crippen molar-refractivity contribution in [2.24, 2.45) is 0 Å². The number of nitrogens with zero attached hydrogens (tertiary/aromatic N) is 3. The second-order valence-corrected chi connectivity index (χ2v) is 5.28. The van der Waals surface area contributed by atoms with Crippen LogP contribution in [0.4, 0.5) is 5.82 Å². The molecule has 0 aliphatic carbocycles. The number of nitrogens with one attached hydrogen (secondary N) is 1. The van der Waals surface area contributed by atoms with Gasteiger partial charge in [0.05, 0.1) is 6.20 Å². The molecular weight excluding hydrogens is 292 g/mol. The predicted octanol–water partition coefficient (Wildman–Crippen LogP) is 2.94. The molecule has 0 aliphatic heterocycles. The summed E-state index contributed by atoms with van der Waals surface area (Å²) in [6.07, 6.45) is 2.44. The molecule has 0 unspecified atom stereocenters. The Labute approximate surface area is 132 Å². The number of aliphatic hydroxyl groups excluding tert-OH is 1. The molecular formula is C17H16N4O2. The van der Waals surface area contributed by atoms with Gasteiger partial charge in [0.15, 0.2) is 11.4 Å². The fraction of sp³-hybridized carbons (Fsp3) is 0.176. The quantitative estimate of drug-likeness (QED) is 0.554. The molecule has 6 nitrogen and oxygen atoms in total. The third kappa shape index (κ3) is 2.53. The van der Waals surface area contributed by atoms with Gasteiger partial charge in [0.2, 0.25) is 0 Å². The number of aliphatic hydroxyl groups is 1. The van der Waals surface area contributed by atoms with E-state index in [0.717, 1.165) is 33.9 Å². The second kappa shape index (κ2) is 5.73. The highest BCUT2D eigenvalue weighted by Gasteiger charge is 2.12. The predicted molar refractivity (Wildman–Crippen MR) is 88.4 cm³/mol. The van der Waals surface area contributed by atoms with Gasteiger partial charge < -0.3 is 14.8 Å². The first kappa shape index (κ1) is 13.8. The van der Waals surface area contributed by atoms with Crippen molar-refractivity contribution in [2.45, 2.75) is 6.42 Å². The maximum Gasteiger partial charge on any atom is 0.155 e. The molecule has 116 valence electrons. The summed E-state index contributed by atoms with van der Waals surface area (Å²) in [5.74, 6) is 1.47. The number of hydrogen-bond donors (Lipinski definition) is 2. The Balaban J connectivity index is 1.75. The van der Waals surface area contributed by atoms with Crippen LogP contribution in [0.25, 0.3) is 28.1 Å². The Hall–Kier alpha value is -2.86. The van der Waals surface area contributed by atoms with Crippen molar-refractivity contribution < 1.29 is 9.52 Å². The minimum Gasteiger partial charge on any atom is -0.454 e. The van der Waals surface area contributed by atoms with Gasteiger partial charge in [0.25, 0.3) is 0 Å². The molecule has 2 N–H and O–H groups in total. The summed E-state index contributed by atoms with van der Waals surface area (Å²) < 4.78 is 7.67. The number of rotatable bonds is 5. The Morgan fingerprint density at radius 1 is 1.17 bits per heavy atom. The smallest absolute Gasteiger partial charge is 0.155 e. The summed E-state index contributed by atoms with van der Waals surface area (Å²) in [6.45, 7) is 0.828. The highest BCUT2D eigenvalue weighted by molar-refractivity contribution is 5.82. The summed E-state index contributed by atoms with van der Waals surface area (Å²) in [6, 6.07) is 13.7. The summed E-state index contributed by atoms with van der Waals surface area (Å²) in [4.78, 5) is 4.38. The average Bonchev–Trinajstić information content (AvgIpc) is 3.18. The number of para-hydroxylation sites is 1. The Kier molecular flexibility index (Phi) is 3.44. The molecule has 0 fully saturated rings. The number of benzene rings is 1. The lowest BCUT2D eigenvalue weighted by Gasteiger charge is -2.05. The molecule has 4 rings (SSSR count). The average molecular weight is 308 g/mol. The van der Waals surface area contributed by atoms with Crippen LogP contribution in [-0.2, 0) is 0 Å². The molecule has 0 saturated heterocycles. The van der Waals surface area contributed by atoms with Crippen LogP contribution in [0.1, 0.15) is 6.42 Å². The van der Waals surface area contributed by atoms with Crippen molar-refractivity contribution in [1.82, 2.24) is 14.6 Å². The Bertz CT molecular complexity index is 924. The van der Waals surface area contributed by atoms with E-state index < -0.39 is 0 Å². The van der Waals surface area contributed by atoms with E-state index in [4.69, 9.17) is 9.52 Å². The number of fused-ring (bicyclic) bond motifs is 2. The second-order valence-electron chi connectivity index (χ2n) is 5.28. The molecule has 6 heteroatoms. The van der Waals surface area contributed by atoms with E-state index in [1.165, 1.54) is 0 Å². The van der Waals surface area contributed by atoms with Gasteiger partial charge in [-0.15, -0.1) is 5.10 Å². The van der Waals surface area contributed by atoms with Gasteiger partial charge in [-0.3, -0.25) is 0 Å². The van der Waals surface area contributed by atoms with E-state index in [-0.39, 0.29) is 6.61 Å². The number of imidazole rings is 1. The third-order valence-corrected chi connectivity index (χ3v) is 3.68. The molecule has 3 aromatic heterocycles. The van der Waals surface area contributed by atoms with Crippen LogP contribution >= 0.6 is 0 Å². The highest BCUT2D eigenvalue weighted by atomic mass is 16.3. The Morgan fingerprint density at radius 2 is 2.09 bits per heavy atom. The van der Waals surface area contributed by atoms with E-state index in [2.05, 4.69) is 15.4 Å². The van der Waals surface area contributed by atoms with E-state index in [1.807, 2.05) is 42.5 Å². The lowest BCUT2D eigenvalue weighted by Crippen LogP contribution is -2.07. The van der Waals surface area contributed by atoms with Crippen LogP contribution in [0.3, 0.4) is 0 Å². The van der Waals surface area contributed by atoms with Gasteiger partial charge in [-0.2, -0.15) is 0 Å². The molecule has 0 saturated carbocycles. The normalized spacial score (nSPS) is 11.3. The minimum absolute atomic E-state index is 0.157. The van der Waals surface area contributed by atoms with E-state index >= 15 is 0 Å². The lowest BCUT2D eigenvalue weighted by atomic mass is 10.2. The van der Waals surface area contributed by atoms with Crippen molar-refractivity contribution in [1.29, 1.82) is 0 Å². The fourth-order valence-electron chi connectivity index (χ4n) is 2.54.